The summed E-state index contributed by atoms with van der Waals surface area (Å²) in [5.41, 5.74) is 1.28. The Balaban J connectivity index is 1.53. The highest BCUT2D eigenvalue weighted by Gasteiger charge is 2.58. The summed E-state index contributed by atoms with van der Waals surface area (Å²) < 4.78 is 19.0. The SMILES string of the molecule is CC(C)CC[C@H](N[C@@H](C)c1ccccc1)C12OC3CC(CC(C3)O1)O2. The van der Waals surface area contributed by atoms with Gasteiger partial charge < -0.3 is 19.5 Å². The molecule has 4 heteroatoms. The van der Waals surface area contributed by atoms with E-state index in [-0.39, 0.29) is 12.1 Å². The van der Waals surface area contributed by atoms with Gasteiger partial charge in [-0.2, -0.15) is 0 Å². The molecule has 4 nitrogen and oxygen atoms in total. The minimum Gasteiger partial charge on any atom is -0.323 e. The molecule has 25 heavy (non-hydrogen) atoms. The van der Waals surface area contributed by atoms with Crippen molar-refractivity contribution in [2.45, 2.75) is 89.2 Å². The van der Waals surface area contributed by atoms with E-state index in [0.717, 1.165) is 32.1 Å². The van der Waals surface area contributed by atoms with Crippen LogP contribution in [0.3, 0.4) is 0 Å². The molecule has 0 radical (unpaired) electrons. The van der Waals surface area contributed by atoms with Gasteiger partial charge in [-0.1, -0.05) is 44.2 Å². The number of ether oxygens (including phenoxy) is 3. The van der Waals surface area contributed by atoms with Gasteiger partial charge in [-0.15, -0.1) is 0 Å². The van der Waals surface area contributed by atoms with Crippen LogP contribution in [0.4, 0.5) is 0 Å². The predicted molar refractivity (Wildman–Crippen MR) is 97.1 cm³/mol. The van der Waals surface area contributed by atoms with Crippen molar-refractivity contribution in [3.8, 4) is 0 Å². The largest absolute Gasteiger partial charge is 0.323 e. The molecule has 5 rings (SSSR count). The molecule has 3 saturated heterocycles. The monoisotopic (exact) mass is 345 g/mol. The fourth-order valence-electron chi connectivity index (χ4n) is 4.49. The lowest BCUT2D eigenvalue weighted by Gasteiger charge is -2.57. The summed E-state index contributed by atoms with van der Waals surface area (Å²) in [6.45, 7) is 6.73. The molecule has 2 atom stereocenters. The zero-order chi connectivity index (χ0) is 17.4. The van der Waals surface area contributed by atoms with Crippen LogP contribution in [0.2, 0.25) is 0 Å². The summed E-state index contributed by atoms with van der Waals surface area (Å²) in [7, 11) is 0. The Bertz CT molecular complexity index is 538. The van der Waals surface area contributed by atoms with Crippen LogP contribution >= 0.6 is 0 Å². The molecule has 4 fully saturated rings. The zero-order valence-electron chi connectivity index (χ0n) is 15.6. The van der Waals surface area contributed by atoms with E-state index in [0.29, 0.717) is 24.2 Å². The number of benzene rings is 1. The second kappa shape index (κ2) is 6.99. The average Bonchev–Trinajstić information content (AvgIpc) is 2.57. The van der Waals surface area contributed by atoms with Crippen LogP contribution in [0.15, 0.2) is 30.3 Å². The Morgan fingerprint density at radius 3 is 2.00 bits per heavy atom. The van der Waals surface area contributed by atoms with E-state index >= 15 is 0 Å². The molecule has 1 aliphatic carbocycles. The molecule has 3 heterocycles. The topological polar surface area (TPSA) is 39.7 Å². The van der Waals surface area contributed by atoms with E-state index in [1.165, 1.54) is 5.56 Å². The van der Waals surface area contributed by atoms with Gasteiger partial charge in [0, 0.05) is 25.3 Å². The van der Waals surface area contributed by atoms with Crippen molar-refractivity contribution >= 4 is 0 Å². The molecule has 0 spiro atoms. The zero-order valence-corrected chi connectivity index (χ0v) is 15.6. The number of rotatable bonds is 7. The second-order valence-electron chi connectivity index (χ2n) is 8.35. The average molecular weight is 345 g/mol. The fraction of sp³-hybridized carbons (Fsp3) is 0.714. The van der Waals surface area contributed by atoms with Gasteiger partial charge >= 0.3 is 0 Å². The third-order valence-corrected chi connectivity index (χ3v) is 5.78. The highest BCUT2D eigenvalue weighted by atomic mass is 16.9. The van der Waals surface area contributed by atoms with Crippen molar-refractivity contribution < 1.29 is 14.2 Å². The molecule has 1 N–H and O–H groups in total. The standard InChI is InChI=1S/C21H31NO3/c1-14(2)9-10-20(22-15(3)16-7-5-4-6-8-16)21-23-17-11-18(24-21)13-19(12-17)25-21/h4-8,14-15,17-20,22H,9-13H2,1-3H3/t15-,17?,18?,19?,20-,21?/m0/s1. The van der Waals surface area contributed by atoms with Gasteiger partial charge in [0.15, 0.2) is 0 Å². The van der Waals surface area contributed by atoms with Gasteiger partial charge in [0.2, 0.25) is 0 Å². The van der Waals surface area contributed by atoms with Crippen LogP contribution < -0.4 is 5.32 Å². The molecule has 3 aliphatic heterocycles. The highest BCUT2D eigenvalue weighted by molar-refractivity contribution is 5.18. The molecular formula is C21H31NO3. The summed E-state index contributed by atoms with van der Waals surface area (Å²) in [5.74, 6) is -0.252. The summed E-state index contributed by atoms with van der Waals surface area (Å²) in [5, 5.41) is 3.77. The Morgan fingerprint density at radius 1 is 0.920 bits per heavy atom. The Labute approximate surface area is 151 Å². The van der Waals surface area contributed by atoms with Crippen molar-refractivity contribution in [1.29, 1.82) is 0 Å². The second-order valence-corrected chi connectivity index (χ2v) is 8.35. The van der Waals surface area contributed by atoms with Crippen molar-refractivity contribution in [3.05, 3.63) is 35.9 Å². The molecular weight excluding hydrogens is 314 g/mol. The van der Waals surface area contributed by atoms with Crippen LogP contribution in [-0.4, -0.2) is 30.3 Å². The molecule has 138 valence electrons. The van der Waals surface area contributed by atoms with Gasteiger partial charge in [0.1, 0.15) is 0 Å². The molecule has 1 aromatic carbocycles. The first kappa shape index (κ1) is 17.5. The maximum Gasteiger partial charge on any atom is 0.300 e. The maximum atomic E-state index is 6.33. The first-order chi connectivity index (χ1) is 12.0. The predicted octanol–water partition coefficient (Wildman–Crippen LogP) is 4.16. The Kier molecular flexibility index (Phi) is 4.89. The lowest BCUT2D eigenvalue weighted by molar-refractivity contribution is -0.502. The number of hydrogen-bond acceptors (Lipinski definition) is 4. The summed E-state index contributed by atoms with van der Waals surface area (Å²) >= 11 is 0. The molecule has 4 aliphatic rings. The van der Waals surface area contributed by atoms with E-state index < -0.39 is 5.97 Å². The van der Waals surface area contributed by atoms with Crippen LogP contribution in [-0.2, 0) is 14.2 Å². The third-order valence-electron chi connectivity index (χ3n) is 5.78. The smallest absolute Gasteiger partial charge is 0.300 e. The first-order valence-corrected chi connectivity index (χ1v) is 9.88. The quantitative estimate of drug-likeness (QED) is 0.805. The van der Waals surface area contributed by atoms with E-state index in [4.69, 9.17) is 14.2 Å². The van der Waals surface area contributed by atoms with Gasteiger partial charge in [0.05, 0.1) is 24.4 Å². The molecule has 0 aromatic heterocycles. The van der Waals surface area contributed by atoms with Crippen LogP contribution in [0.1, 0.15) is 64.5 Å². The first-order valence-electron chi connectivity index (χ1n) is 9.88. The van der Waals surface area contributed by atoms with Gasteiger partial charge in [-0.25, -0.2) is 0 Å². The molecule has 1 aromatic rings. The summed E-state index contributed by atoms with van der Waals surface area (Å²) in [4.78, 5) is 0. The fourth-order valence-corrected chi connectivity index (χ4v) is 4.49. The molecule has 4 bridgehead atoms. The van der Waals surface area contributed by atoms with E-state index in [2.05, 4.69) is 56.4 Å². The summed E-state index contributed by atoms with van der Waals surface area (Å²) in [6.07, 6.45) is 6.05. The van der Waals surface area contributed by atoms with E-state index in [1.807, 2.05) is 0 Å². The lowest BCUT2D eigenvalue weighted by atomic mass is 9.87. The molecule has 1 saturated carbocycles. The maximum absolute atomic E-state index is 6.33. The minimum absolute atomic E-state index is 0.0403. The Morgan fingerprint density at radius 2 is 1.48 bits per heavy atom. The van der Waals surface area contributed by atoms with Gasteiger partial charge in [-0.3, -0.25) is 0 Å². The minimum atomic E-state index is -0.896. The van der Waals surface area contributed by atoms with Gasteiger partial charge in [-0.05, 0) is 31.2 Å². The van der Waals surface area contributed by atoms with Crippen molar-refractivity contribution in [2.24, 2.45) is 5.92 Å². The van der Waals surface area contributed by atoms with Crippen LogP contribution in [0, 0.1) is 5.92 Å². The Hall–Kier alpha value is -0.940. The van der Waals surface area contributed by atoms with Crippen molar-refractivity contribution in [3.63, 3.8) is 0 Å². The molecule has 0 amide bonds. The molecule has 0 unspecified atom stereocenters. The van der Waals surface area contributed by atoms with Gasteiger partial charge in [0.25, 0.3) is 5.97 Å². The number of hydrogen-bond donors (Lipinski definition) is 1. The van der Waals surface area contributed by atoms with Crippen molar-refractivity contribution in [2.75, 3.05) is 0 Å². The van der Waals surface area contributed by atoms with Crippen molar-refractivity contribution in [1.82, 2.24) is 5.32 Å². The van der Waals surface area contributed by atoms with E-state index in [1.54, 1.807) is 0 Å². The third kappa shape index (κ3) is 3.63. The van der Waals surface area contributed by atoms with Crippen LogP contribution in [0.25, 0.3) is 0 Å². The highest BCUT2D eigenvalue weighted by Crippen LogP contribution is 2.47. The normalized spacial score (nSPS) is 35.9. The lowest BCUT2D eigenvalue weighted by Crippen LogP contribution is -2.69. The number of nitrogens with one attached hydrogen (secondary N) is 1. The summed E-state index contributed by atoms with van der Waals surface area (Å²) in [6, 6.07) is 10.8. The van der Waals surface area contributed by atoms with Crippen LogP contribution in [0.5, 0.6) is 0 Å². The van der Waals surface area contributed by atoms with E-state index in [9.17, 15) is 0 Å².